The fourth-order valence-electron chi connectivity index (χ4n) is 2.12. The Morgan fingerprint density at radius 1 is 1.33 bits per heavy atom. The molecule has 0 saturated heterocycles. The first kappa shape index (κ1) is 15.8. The minimum absolute atomic E-state index is 0.136. The molecular weight excluding hydrogens is 332 g/mol. The van der Waals surface area contributed by atoms with Crippen LogP contribution in [0, 0.1) is 0 Å². The number of nitrogens with zero attached hydrogens (tertiary/aromatic N) is 2. The molecule has 0 unspecified atom stereocenters. The molecule has 1 aromatic heterocycles. The number of methoxy groups -OCH3 is 1. The van der Waals surface area contributed by atoms with Crippen molar-refractivity contribution in [3.63, 3.8) is 0 Å². The van der Waals surface area contributed by atoms with Crippen LogP contribution in [0.5, 0.6) is 11.5 Å². The zero-order valence-electron chi connectivity index (χ0n) is 12.2. The summed E-state index contributed by atoms with van der Waals surface area (Å²) in [4.78, 5) is 6.54. The molecule has 2 rings (SSSR count). The van der Waals surface area contributed by atoms with E-state index >= 15 is 0 Å². The van der Waals surface area contributed by atoms with Gasteiger partial charge in [-0.25, -0.2) is 0 Å². The third-order valence-corrected chi connectivity index (χ3v) is 3.84. The number of pyridine rings is 1. The van der Waals surface area contributed by atoms with Crippen LogP contribution in [-0.4, -0.2) is 35.7 Å². The maximum atomic E-state index is 9.81. The van der Waals surface area contributed by atoms with Crippen molar-refractivity contribution in [1.29, 1.82) is 0 Å². The van der Waals surface area contributed by atoms with Crippen LogP contribution < -0.4 is 4.74 Å². The van der Waals surface area contributed by atoms with Gasteiger partial charge in [0.05, 0.1) is 11.6 Å². The van der Waals surface area contributed by atoms with Crippen molar-refractivity contribution < 1.29 is 9.84 Å². The lowest BCUT2D eigenvalue weighted by Crippen LogP contribution is -2.21. The molecule has 0 radical (unpaired) electrons. The predicted molar refractivity (Wildman–Crippen MR) is 86.6 cm³/mol. The number of rotatable bonds is 6. The van der Waals surface area contributed by atoms with Crippen LogP contribution in [0.2, 0.25) is 0 Å². The summed E-state index contributed by atoms with van der Waals surface area (Å²) in [7, 11) is 3.62. The van der Waals surface area contributed by atoms with Crippen molar-refractivity contribution in [2.45, 2.75) is 13.0 Å². The quantitative estimate of drug-likeness (QED) is 0.868. The molecule has 0 saturated carbocycles. The predicted octanol–water partition coefficient (Wildman–Crippen LogP) is 3.23. The normalized spacial score (nSPS) is 10.9. The first-order chi connectivity index (χ1) is 10.1. The average Bonchev–Trinajstić information content (AvgIpc) is 2.49. The van der Waals surface area contributed by atoms with Crippen molar-refractivity contribution in [1.82, 2.24) is 9.88 Å². The highest BCUT2D eigenvalue weighted by molar-refractivity contribution is 9.10. The van der Waals surface area contributed by atoms with Gasteiger partial charge in [0.25, 0.3) is 0 Å². The monoisotopic (exact) mass is 350 g/mol. The van der Waals surface area contributed by atoms with Crippen LogP contribution in [-0.2, 0) is 13.0 Å². The highest BCUT2D eigenvalue weighted by Crippen LogP contribution is 2.35. The second kappa shape index (κ2) is 7.43. The lowest BCUT2D eigenvalue weighted by molar-refractivity contribution is 0.327. The van der Waals surface area contributed by atoms with Crippen LogP contribution in [0.3, 0.4) is 0 Å². The maximum absolute atomic E-state index is 9.81. The topological polar surface area (TPSA) is 45.6 Å². The lowest BCUT2D eigenvalue weighted by atomic mass is 10.2. The van der Waals surface area contributed by atoms with Gasteiger partial charge in [0, 0.05) is 31.4 Å². The van der Waals surface area contributed by atoms with E-state index in [1.54, 1.807) is 7.11 Å². The number of phenols is 1. The van der Waals surface area contributed by atoms with Crippen molar-refractivity contribution in [2.24, 2.45) is 0 Å². The van der Waals surface area contributed by atoms with Crippen LogP contribution in [0.1, 0.15) is 11.3 Å². The summed E-state index contributed by atoms with van der Waals surface area (Å²) in [6.45, 7) is 1.69. The van der Waals surface area contributed by atoms with Gasteiger partial charge in [0.15, 0.2) is 11.5 Å². The first-order valence-corrected chi connectivity index (χ1v) is 7.53. The Bertz CT molecular complexity index is 590. The summed E-state index contributed by atoms with van der Waals surface area (Å²) in [5.74, 6) is 0.620. The summed E-state index contributed by atoms with van der Waals surface area (Å²) in [6, 6.07) is 9.73. The minimum atomic E-state index is 0.136. The van der Waals surface area contributed by atoms with Gasteiger partial charge in [-0.3, -0.25) is 4.98 Å². The van der Waals surface area contributed by atoms with Gasteiger partial charge in [-0.1, -0.05) is 6.07 Å². The number of benzene rings is 1. The number of halogens is 1. The Balaban J connectivity index is 1.96. The summed E-state index contributed by atoms with van der Waals surface area (Å²) in [6.07, 6.45) is 2.73. The molecule has 112 valence electrons. The molecule has 0 aliphatic carbocycles. The molecule has 1 N–H and O–H groups in total. The van der Waals surface area contributed by atoms with E-state index < -0.39 is 0 Å². The van der Waals surface area contributed by atoms with E-state index in [2.05, 4.69) is 32.9 Å². The number of ether oxygens (including phenoxy) is 1. The Labute approximate surface area is 133 Å². The van der Waals surface area contributed by atoms with Gasteiger partial charge in [-0.15, -0.1) is 0 Å². The summed E-state index contributed by atoms with van der Waals surface area (Å²) in [5, 5.41) is 9.81. The van der Waals surface area contributed by atoms with Gasteiger partial charge in [0.2, 0.25) is 0 Å². The zero-order valence-corrected chi connectivity index (χ0v) is 13.8. The minimum Gasteiger partial charge on any atom is -0.503 e. The van der Waals surface area contributed by atoms with E-state index in [9.17, 15) is 5.11 Å². The molecule has 2 aromatic rings. The van der Waals surface area contributed by atoms with Crippen molar-refractivity contribution in [3.05, 3.63) is 52.3 Å². The van der Waals surface area contributed by atoms with Crippen molar-refractivity contribution in [2.75, 3.05) is 20.7 Å². The summed E-state index contributed by atoms with van der Waals surface area (Å²) >= 11 is 3.34. The molecule has 0 fully saturated rings. The number of phenolic OH excluding ortho intramolecular Hbond substituents is 1. The number of hydrogen-bond acceptors (Lipinski definition) is 4. The Hall–Kier alpha value is -1.59. The second-order valence-corrected chi connectivity index (χ2v) is 5.79. The zero-order chi connectivity index (χ0) is 15.2. The molecule has 0 aliphatic rings. The van der Waals surface area contributed by atoms with Crippen molar-refractivity contribution >= 4 is 15.9 Å². The third kappa shape index (κ3) is 4.44. The van der Waals surface area contributed by atoms with E-state index in [1.165, 1.54) is 0 Å². The average molecular weight is 351 g/mol. The first-order valence-electron chi connectivity index (χ1n) is 6.74. The molecular formula is C16H19BrN2O2. The molecule has 0 aliphatic heterocycles. The molecule has 4 nitrogen and oxygen atoms in total. The molecule has 0 spiro atoms. The molecule has 0 amide bonds. The Morgan fingerprint density at radius 2 is 2.14 bits per heavy atom. The highest BCUT2D eigenvalue weighted by atomic mass is 79.9. The second-order valence-electron chi connectivity index (χ2n) is 4.94. The standard InChI is InChI=1S/C16H19BrN2O2/c1-19(8-6-13-5-3-4-7-18-13)11-12-9-14(17)16(20)15(10-12)21-2/h3-5,7,9-10,20H,6,8,11H2,1-2H3. The van der Waals surface area contributed by atoms with E-state index in [0.29, 0.717) is 10.2 Å². The number of aromatic nitrogens is 1. The molecule has 21 heavy (non-hydrogen) atoms. The van der Waals surface area contributed by atoms with Crippen LogP contribution in [0.15, 0.2) is 41.0 Å². The highest BCUT2D eigenvalue weighted by Gasteiger charge is 2.10. The number of likely N-dealkylation sites (N-methyl/N-ethyl adjacent to an activating group) is 1. The lowest BCUT2D eigenvalue weighted by Gasteiger charge is -2.17. The van der Waals surface area contributed by atoms with Gasteiger partial charge >= 0.3 is 0 Å². The molecule has 0 atom stereocenters. The molecule has 1 heterocycles. The van der Waals surface area contributed by atoms with E-state index in [0.717, 1.165) is 30.8 Å². The van der Waals surface area contributed by atoms with Gasteiger partial charge < -0.3 is 14.7 Å². The number of aromatic hydroxyl groups is 1. The SMILES string of the molecule is COc1cc(CN(C)CCc2ccccn2)cc(Br)c1O. The smallest absolute Gasteiger partial charge is 0.172 e. The maximum Gasteiger partial charge on any atom is 0.172 e. The van der Waals surface area contributed by atoms with E-state index in [1.807, 2.05) is 36.5 Å². The largest absolute Gasteiger partial charge is 0.503 e. The van der Waals surface area contributed by atoms with E-state index in [-0.39, 0.29) is 5.75 Å². The van der Waals surface area contributed by atoms with Crippen LogP contribution in [0.25, 0.3) is 0 Å². The molecule has 5 heteroatoms. The van der Waals surface area contributed by atoms with Gasteiger partial charge in [-0.05, 0) is 52.8 Å². The summed E-state index contributed by atoms with van der Waals surface area (Å²) in [5.41, 5.74) is 2.17. The van der Waals surface area contributed by atoms with E-state index in [4.69, 9.17) is 4.74 Å². The number of hydrogen-bond donors (Lipinski definition) is 1. The summed E-state index contributed by atoms with van der Waals surface area (Å²) < 4.78 is 5.82. The Morgan fingerprint density at radius 3 is 2.81 bits per heavy atom. The van der Waals surface area contributed by atoms with Crippen LogP contribution >= 0.6 is 15.9 Å². The van der Waals surface area contributed by atoms with Gasteiger partial charge in [-0.2, -0.15) is 0 Å². The Kier molecular flexibility index (Phi) is 5.59. The fraction of sp³-hybridized carbons (Fsp3) is 0.312. The van der Waals surface area contributed by atoms with Crippen molar-refractivity contribution in [3.8, 4) is 11.5 Å². The fourth-order valence-corrected chi connectivity index (χ4v) is 2.61. The van der Waals surface area contributed by atoms with Crippen LogP contribution in [0.4, 0.5) is 0 Å². The van der Waals surface area contributed by atoms with Gasteiger partial charge in [0.1, 0.15) is 0 Å². The molecule has 0 bridgehead atoms. The third-order valence-electron chi connectivity index (χ3n) is 3.24. The molecule has 1 aromatic carbocycles.